The first-order valence-electron chi connectivity index (χ1n) is 9.10. The minimum Gasteiger partial charge on any atom is -0.350 e. The van der Waals surface area contributed by atoms with Gasteiger partial charge in [-0.2, -0.15) is 5.10 Å². The smallest absolute Gasteiger partial charge is 0.244 e. The molecule has 3 rings (SSSR count). The van der Waals surface area contributed by atoms with Gasteiger partial charge in [0.05, 0.1) is 5.69 Å². The quantitative estimate of drug-likeness (QED) is 0.867. The molecular weight excluding hydrogens is 328 g/mol. The zero-order valence-corrected chi connectivity index (χ0v) is 15.7. The number of nitrogens with one attached hydrogen (secondary N) is 1. The zero-order valence-electron chi connectivity index (χ0n) is 15.7. The number of likely N-dealkylation sites (tertiary alicyclic amines) is 1. The van der Waals surface area contributed by atoms with E-state index in [0.717, 1.165) is 35.5 Å². The van der Waals surface area contributed by atoms with Crippen molar-refractivity contribution in [2.45, 2.75) is 52.7 Å². The van der Waals surface area contributed by atoms with Gasteiger partial charge in [-0.3, -0.25) is 14.3 Å². The molecule has 0 bridgehead atoms. The third-order valence-electron chi connectivity index (χ3n) is 4.83. The Morgan fingerprint density at radius 1 is 1.23 bits per heavy atom. The van der Waals surface area contributed by atoms with Crippen molar-refractivity contribution < 1.29 is 9.59 Å². The lowest BCUT2D eigenvalue weighted by Crippen LogP contribution is -2.31. The van der Waals surface area contributed by atoms with Crippen LogP contribution in [0.15, 0.2) is 30.3 Å². The molecule has 2 amide bonds. The highest BCUT2D eigenvalue weighted by molar-refractivity contribution is 5.80. The number of nitrogens with zero attached hydrogens (tertiary/aromatic N) is 3. The number of benzene rings is 1. The highest BCUT2D eigenvalue weighted by Crippen LogP contribution is 2.15. The van der Waals surface area contributed by atoms with Crippen LogP contribution in [-0.4, -0.2) is 33.0 Å². The fourth-order valence-corrected chi connectivity index (χ4v) is 3.34. The van der Waals surface area contributed by atoms with Crippen LogP contribution in [0, 0.1) is 13.8 Å². The van der Waals surface area contributed by atoms with Crippen LogP contribution in [-0.2, 0) is 22.7 Å². The molecule has 0 unspecified atom stereocenters. The molecule has 6 heteroatoms. The molecule has 6 nitrogen and oxygen atoms in total. The second-order valence-corrected chi connectivity index (χ2v) is 7.00. The van der Waals surface area contributed by atoms with Crippen LogP contribution in [0.1, 0.15) is 48.3 Å². The molecule has 0 aliphatic carbocycles. The van der Waals surface area contributed by atoms with E-state index in [4.69, 9.17) is 0 Å². The van der Waals surface area contributed by atoms with E-state index in [-0.39, 0.29) is 17.9 Å². The minimum absolute atomic E-state index is 0.0528. The normalized spacial score (nSPS) is 15.3. The fraction of sp³-hybridized carbons (Fsp3) is 0.450. The maximum atomic E-state index is 12.4. The molecule has 1 aliphatic heterocycles. The monoisotopic (exact) mass is 354 g/mol. The van der Waals surface area contributed by atoms with Crippen molar-refractivity contribution in [3.63, 3.8) is 0 Å². The molecule has 2 aromatic rings. The summed E-state index contributed by atoms with van der Waals surface area (Å²) in [4.78, 5) is 26.0. The second-order valence-electron chi connectivity index (χ2n) is 7.00. The maximum absolute atomic E-state index is 12.4. The van der Waals surface area contributed by atoms with Gasteiger partial charge in [-0.05, 0) is 44.4 Å². The topological polar surface area (TPSA) is 67.2 Å². The van der Waals surface area contributed by atoms with E-state index < -0.39 is 0 Å². The fourth-order valence-electron chi connectivity index (χ4n) is 3.34. The van der Waals surface area contributed by atoms with Gasteiger partial charge < -0.3 is 10.2 Å². The molecule has 1 fully saturated rings. The van der Waals surface area contributed by atoms with Gasteiger partial charge in [-0.25, -0.2) is 0 Å². The molecule has 0 radical (unpaired) electrons. The van der Waals surface area contributed by atoms with Crippen molar-refractivity contribution in [1.82, 2.24) is 20.0 Å². The van der Waals surface area contributed by atoms with E-state index >= 15 is 0 Å². The van der Waals surface area contributed by atoms with Crippen molar-refractivity contribution in [1.29, 1.82) is 0 Å². The number of amides is 2. The number of rotatable bonds is 6. The Kier molecular flexibility index (Phi) is 5.40. The van der Waals surface area contributed by atoms with Crippen molar-refractivity contribution in [2.75, 3.05) is 6.54 Å². The third-order valence-corrected chi connectivity index (χ3v) is 4.83. The predicted molar refractivity (Wildman–Crippen MR) is 99.4 cm³/mol. The van der Waals surface area contributed by atoms with Crippen molar-refractivity contribution in [3.05, 3.63) is 52.8 Å². The van der Waals surface area contributed by atoms with Crippen LogP contribution < -0.4 is 5.32 Å². The minimum atomic E-state index is -0.343. The van der Waals surface area contributed by atoms with Gasteiger partial charge in [0.2, 0.25) is 11.8 Å². The van der Waals surface area contributed by atoms with Gasteiger partial charge in [0, 0.05) is 31.7 Å². The Morgan fingerprint density at radius 2 is 1.92 bits per heavy atom. The summed E-state index contributed by atoms with van der Waals surface area (Å²) in [6.45, 7) is 7.72. The molecule has 1 N–H and O–H groups in total. The summed E-state index contributed by atoms with van der Waals surface area (Å²) in [6.07, 6.45) is 1.62. The average Bonchev–Trinajstić information content (AvgIpc) is 3.18. The van der Waals surface area contributed by atoms with Crippen LogP contribution in [0.4, 0.5) is 0 Å². The largest absolute Gasteiger partial charge is 0.350 e. The summed E-state index contributed by atoms with van der Waals surface area (Å²) in [7, 11) is 0. The lowest BCUT2D eigenvalue weighted by Gasteiger charge is -2.16. The molecule has 0 spiro atoms. The van der Waals surface area contributed by atoms with Crippen LogP contribution in [0.5, 0.6) is 0 Å². The summed E-state index contributed by atoms with van der Waals surface area (Å²) in [5.41, 5.74) is 4.04. The lowest BCUT2D eigenvalue weighted by atomic mass is 10.1. The Bertz CT molecular complexity index is 795. The summed E-state index contributed by atoms with van der Waals surface area (Å²) >= 11 is 0. The molecule has 1 saturated heterocycles. The maximum Gasteiger partial charge on any atom is 0.244 e. The highest BCUT2D eigenvalue weighted by Gasteiger charge is 2.20. The van der Waals surface area contributed by atoms with Gasteiger partial charge in [-0.1, -0.05) is 24.3 Å². The summed E-state index contributed by atoms with van der Waals surface area (Å²) < 4.78 is 1.75. The predicted octanol–water partition coefficient (Wildman–Crippen LogP) is 2.50. The van der Waals surface area contributed by atoms with E-state index in [2.05, 4.69) is 10.4 Å². The van der Waals surface area contributed by atoms with Crippen molar-refractivity contribution in [2.24, 2.45) is 0 Å². The second kappa shape index (κ2) is 7.72. The van der Waals surface area contributed by atoms with Crippen LogP contribution in [0.3, 0.4) is 0 Å². The van der Waals surface area contributed by atoms with Crippen LogP contribution in [0.25, 0.3) is 0 Å². The third kappa shape index (κ3) is 4.12. The molecule has 0 saturated carbocycles. The molecule has 1 aliphatic rings. The first-order chi connectivity index (χ1) is 12.4. The number of carbonyl (C=O) groups excluding carboxylic acids is 2. The molecule has 2 heterocycles. The molecule has 138 valence electrons. The molecule has 1 atom stereocenters. The summed E-state index contributed by atoms with van der Waals surface area (Å²) in [6, 6.07) is 9.68. The van der Waals surface area contributed by atoms with E-state index in [1.165, 1.54) is 0 Å². The number of hydrogen-bond acceptors (Lipinski definition) is 3. The zero-order chi connectivity index (χ0) is 18.7. The summed E-state index contributed by atoms with van der Waals surface area (Å²) in [5, 5.41) is 7.35. The van der Waals surface area contributed by atoms with Gasteiger partial charge in [-0.15, -0.1) is 0 Å². The van der Waals surface area contributed by atoms with Gasteiger partial charge in [0.25, 0.3) is 0 Å². The first-order valence-corrected chi connectivity index (χ1v) is 9.10. The summed E-state index contributed by atoms with van der Waals surface area (Å²) in [5.74, 6) is 0.183. The van der Waals surface area contributed by atoms with Crippen LogP contribution >= 0.6 is 0 Å². The Morgan fingerprint density at radius 3 is 2.50 bits per heavy atom. The Labute approximate surface area is 154 Å². The standard InChI is InChI=1S/C20H26N4O2/c1-14-11-15(2)24(22-14)16(3)20(26)21-12-17-6-8-18(9-7-17)13-23-10-4-5-19(23)25/h6-9,11,16H,4-5,10,12-13H2,1-3H3,(H,21,26)/t16-/m0/s1. The van der Waals surface area contributed by atoms with Gasteiger partial charge in [0.15, 0.2) is 0 Å². The molecule has 1 aromatic carbocycles. The number of carbonyl (C=O) groups is 2. The number of aromatic nitrogens is 2. The van der Waals surface area contributed by atoms with Crippen LogP contribution in [0.2, 0.25) is 0 Å². The first kappa shape index (κ1) is 18.2. The lowest BCUT2D eigenvalue weighted by molar-refractivity contribution is -0.128. The highest BCUT2D eigenvalue weighted by atomic mass is 16.2. The van der Waals surface area contributed by atoms with E-state index in [1.807, 2.05) is 56.0 Å². The Hall–Kier alpha value is -2.63. The Balaban J connectivity index is 1.53. The molecule has 1 aromatic heterocycles. The van der Waals surface area contributed by atoms with E-state index in [0.29, 0.717) is 19.5 Å². The van der Waals surface area contributed by atoms with Crippen molar-refractivity contribution >= 4 is 11.8 Å². The van der Waals surface area contributed by atoms with Gasteiger partial charge >= 0.3 is 0 Å². The SMILES string of the molecule is Cc1cc(C)n([C@@H](C)C(=O)NCc2ccc(CN3CCCC3=O)cc2)n1. The molecule has 26 heavy (non-hydrogen) atoms. The van der Waals surface area contributed by atoms with Crippen molar-refractivity contribution in [3.8, 4) is 0 Å². The number of aryl methyl sites for hydroxylation is 2. The van der Waals surface area contributed by atoms with Gasteiger partial charge in [0.1, 0.15) is 6.04 Å². The molecular formula is C20H26N4O2. The van der Waals surface area contributed by atoms with E-state index in [1.54, 1.807) is 4.68 Å². The van der Waals surface area contributed by atoms with E-state index in [9.17, 15) is 9.59 Å². The number of hydrogen-bond donors (Lipinski definition) is 1. The average molecular weight is 354 g/mol.